The van der Waals surface area contributed by atoms with Gasteiger partial charge in [-0.05, 0) is 32.1 Å². The van der Waals surface area contributed by atoms with Crippen LogP contribution in [0, 0.1) is 5.92 Å². The van der Waals surface area contributed by atoms with Crippen LogP contribution in [0.1, 0.15) is 47.0 Å². The van der Waals surface area contributed by atoms with Crippen molar-refractivity contribution in [3.8, 4) is 0 Å². The van der Waals surface area contributed by atoms with E-state index in [4.69, 9.17) is 5.73 Å². The van der Waals surface area contributed by atoms with E-state index < -0.39 is 0 Å². The molecule has 14 heavy (non-hydrogen) atoms. The van der Waals surface area contributed by atoms with Gasteiger partial charge in [0.1, 0.15) is 0 Å². The molecule has 0 aromatic carbocycles. The van der Waals surface area contributed by atoms with E-state index in [1.54, 1.807) is 0 Å². The van der Waals surface area contributed by atoms with Crippen LogP contribution in [0.4, 0.5) is 0 Å². The van der Waals surface area contributed by atoms with Crippen molar-refractivity contribution >= 4 is 5.91 Å². The van der Waals surface area contributed by atoms with Crippen molar-refractivity contribution in [2.24, 2.45) is 11.7 Å². The van der Waals surface area contributed by atoms with Crippen LogP contribution < -0.4 is 11.1 Å². The predicted molar refractivity (Wildman–Crippen MR) is 59.9 cm³/mol. The van der Waals surface area contributed by atoms with Gasteiger partial charge in [0.2, 0.25) is 5.91 Å². The molecule has 0 rings (SSSR count). The van der Waals surface area contributed by atoms with Crippen LogP contribution in [-0.4, -0.2) is 18.0 Å². The fourth-order valence-corrected chi connectivity index (χ4v) is 1.41. The third kappa shape index (κ3) is 5.97. The Bertz CT molecular complexity index is 169. The number of carbonyl (C=O) groups excluding carboxylic acids is 1. The van der Waals surface area contributed by atoms with Crippen LogP contribution >= 0.6 is 0 Å². The van der Waals surface area contributed by atoms with Crippen LogP contribution in [0.15, 0.2) is 0 Å². The van der Waals surface area contributed by atoms with E-state index in [1.165, 1.54) is 6.42 Å². The number of hydrogen-bond acceptors (Lipinski definition) is 2. The first kappa shape index (κ1) is 13.4. The number of amides is 1. The lowest BCUT2D eigenvalue weighted by Gasteiger charge is -2.20. The maximum absolute atomic E-state index is 11.0. The van der Waals surface area contributed by atoms with Crippen molar-refractivity contribution in [2.45, 2.75) is 59.0 Å². The molecule has 3 heteroatoms. The fraction of sp³-hybridized carbons (Fsp3) is 0.909. The standard InChI is InChI=1S/C11H24N2O/c1-5-10(11(12)14)13-9(4)7-6-8(2)3/h8-10,13H,5-7H2,1-4H3,(H2,12,14). The molecule has 2 unspecified atom stereocenters. The second-order valence-corrected chi connectivity index (χ2v) is 4.40. The molecule has 0 radical (unpaired) electrons. The van der Waals surface area contributed by atoms with Crippen molar-refractivity contribution < 1.29 is 4.79 Å². The number of nitrogens with two attached hydrogens (primary N) is 1. The molecule has 84 valence electrons. The van der Waals surface area contributed by atoms with E-state index >= 15 is 0 Å². The average Bonchev–Trinajstić information content (AvgIpc) is 2.10. The summed E-state index contributed by atoms with van der Waals surface area (Å²) in [6.45, 7) is 8.49. The Morgan fingerprint density at radius 3 is 2.21 bits per heavy atom. The van der Waals surface area contributed by atoms with E-state index in [0.717, 1.165) is 12.8 Å². The Kier molecular flexibility index (Phi) is 6.54. The predicted octanol–water partition coefficient (Wildman–Crippen LogP) is 1.66. The molecule has 0 aliphatic carbocycles. The lowest BCUT2D eigenvalue weighted by molar-refractivity contribution is -0.120. The minimum absolute atomic E-state index is 0.169. The van der Waals surface area contributed by atoms with Crippen molar-refractivity contribution in [1.29, 1.82) is 0 Å². The minimum atomic E-state index is -0.246. The zero-order valence-corrected chi connectivity index (χ0v) is 9.84. The van der Waals surface area contributed by atoms with Crippen molar-refractivity contribution in [3.05, 3.63) is 0 Å². The summed E-state index contributed by atoms with van der Waals surface area (Å²) in [4.78, 5) is 11.0. The first-order chi connectivity index (χ1) is 6.47. The van der Waals surface area contributed by atoms with Crippen molar-refractivity contribution in [2.75, 3.05) is 0 Å². The van der Waals surface area contributed by atoms with Gasteiger partial charge in [-0.3, -0.25) is 4.79 Å². The SMILES string of the molecule is CCC(NC(C)CCC(C)C)C(N)=O. The zero-order valence-electron chi connectivity index (χ0n) is 9.84. The van der Waals surface area contributed by atoms with Gasteiger partial charge in [0, 0.05) is 6.04 Å². The highest BCUT2D eigenvalue weighted by Gasteiger charge is 2.15. The first-order valence-electron chi connectivity index (χ1n) is 5.52. The zero-order chi connectivity index (χ0) is 11.1. The van der Waals surface area contributed by atoms with Crippen LogP contribution in [-0.2, 0) is 4.79 Å². The normalized spacial score (nSPS) is 15.5. The van der Waals surface area contributed by atoms with Crippen LogP contribution in [0.2, 0.25) is 0 Å². The van der Waals surface area contributed by atoms with E-state index in [2.05, 4.69) is 26.1 Å². The van der Waals surface area contributed by atoms with Gasteiger partial charge < -0.3 is 11.1 Å². The van der Waals surface area contributed by atoms with Gasteiger partial charge >= 0.3 is 0 Å². The summed E-state index contributed by atoms with van der Waals surface area (Å²) in [6, 6.07) is 0.201. The minimum Gasteiger partial charge on any atom is -0.368 e. The van der Waals surface area contributed by atoms with E-state index in [0.29, 0.717) is 12.0 Å². The number of hydrogen-bond donors (Lipinski definition) is 2. The molecule has 2 atom stereocenters. The van der Waals surface area contributed by atoms with Crippen molar-refractivity contribution in [1.82, 2.24) is 5.32 Å². The molecule has 0 aliphatic heterocycles. The van der Waals surface area contributed by atoms with E-state index in [-0.39, 0.29) is 11.9 Å². The molecular formula is C11H24N2O. The number of rotatable bonds is 7. The van der Waals surface area contributed by atoms with Gasteiger partial charge in [-0.25, -0.2) is 0 Å². The van der Waals surface area contributed by atoms with Gasteiger partial charge in [-0.15, -0.1) is 0 Å². The lowest BCUT2D eigenvalue weighted by Crippen LogP contribution is -2.45. The largest absolute Gasteiger partial charge is 0.368 e. The molecule has 1 amide bonds. The Balaban J connectivity index is 3.79. The molecule has 0 saturated carbocycles. The molecule has 0 saturated heterocycles. The average molecular weight is 200 g/mol. The first-order valence-corrected chi connectivity index (χ1v) is 5.52. The Morgan fingerprint density at radius 1 is 1.29 bits per heavy atom. The summed E-state index contributed by atoms with van der Waals surface area (Å²) < 4.78 is 0. The highest BCUT2D eigenvalue weighted by atomic mass is 16.1. The molecule has 0 spiro atoms. The molecule has 0 heterocycles. The topological polar surface area (TPSA) is 55.1 Å². The quantitative estimate of drug-likeness (QED) is 0.656. The number of carbonyl (C=O) groups is 1. The second-order valence-electron chi connectivity index (χ2n) is 4.40. The Hall–Kier alpha value is -0.570. The fourth-order valence-electron chi connectivity index (χ4n) is 1.41. The van der Waals surface area contributed by atoms with Crippen LogP contribution in [0.3, 0.4) is 0 Å². The van der Waals surface area contributed by atoms with Gasteiger partial charge in [-0.1, -0.05) is 20.8 Å². The van der Waals surface area contributed by atoms with E-state index in [1.807, 2.05) is 6.92 Å². The van der Waals surface area contributed by atoms with Gasteiger partial charge in [-0.2, -0.15) is 0 Å². The highest BCUT2D eigenvalue weighted by molar-refractivity contribution is 5.79. The molecule has 0 bridgehead atoms. The highest BCUT2D eigenvalue weighted by Crippen LogP contribution is 2.07. The van der Waals surface area contributed by atoms with E-state index in [9.17, 15) is 4.79 Å². The number of nitrogens with one attached hydrogen (secondary N) is 1. The van der Waals surface area contributed by atoms with Gasteiger partial charge in [0.25, 0.3) is 0 Å². The van der Waals surface area contributed by atoms with Crippen LogP contribution in [0.25, 0.3) is 0 Å². The summed E-state index contributed by atoms with van der Waals surface area (Å²) in [5.41, 5.74) is 5.25. The molecule has 0 aromatic heterocycles. The monoisotopic (exact) mass is 200 g/mol. The summed E-state index contributed by atoms with van der Waals surface area (Å²) in [5, 5.41) is 3.25. The van der Waals surface area contributed by atoms with Crippen LogP contribution in [0.5, 0.6) is 0 Å². The maximum Gasteiger partial charge on any atom is 0.234 e. The van der Waals surface area contributed by atoms with Crippen molar-refractivity contribution in [3.63, 3.8) is 0 Å². The summed E-state index contributed by atoms with van der Waals surface area (Å²) >= 11 is 0. The second kappa shape index (κ2) is 6.82. The number of primary amides is 1. The molecule has 0 aromatic rings. The molecule has 3 N–H and O–H groups in total. The summed E-state index contributed by atoms with van der Waals surface area (Å²) in [6.07, 6.45) is 3.05. The lowest BCUT2D eigenvalue weighted by atomic mass is 10.0. The van der Waals surface area contributed by atoms with Gasteiger partial charge in [0.15, 0.2) is 0 Å². The maximum atomic E-state index is 11.0. The summed E-state index contributed by atoms with van der Waals surface area (Å²) in [5.74, 6) is 0.469. The molecule has 0 fully saturated rings. The third-order valence-electron chi connectivity index (χ3n) is 2.41. The van der Waals surface area contributed by atoms with Gasteiger partial charge in [0.05, 0.1) is 6.04 Å². The summed E-state index contributed by atoms with van der Waals surface area (Å²) in [7, 11) is 0. The molecule has 3 nitrogen and oxygen atoms in total. The third-order valence-corrected chi connectivity index (χ3v) is 2.41. The molecular weight excluding hydrogens is 176 g/mol. The Labute approximate surface area is 87.4 Å². The smallest absolute Gasteiger partial charge is 0.234 e. The molecule has 0 aliphatic rings. The Morgan fingerprint density at radius 2 is 1.86 bits per heavy atom.